The largest absolute Gasteiger partial charge is 0.497 e. The number of ether oxygens (including phenoxy) is 2. The molecule has 0 saturated heterocycles. The Balaban J connectivity index is 1.44. The molecule has 4 rings (SSSR count). The Morgan fingerprint density at radius 3 is 2.43 bits per heavy atom. The van der Waals surface area contributed by atoms with Crippen LogP contribution in [0, 0.1) is 5.41 Å². The molecule has 2 aromatic heterocycles. The van der Waals surface area contributed by atoms with Gasteiger partial charge in [-0.25, -0.2) is 9.67 Å². The van der Waals surface area contributed by atoms with Crippen LogP contribution in [0.15, 0.2) is 78.1 Å². The summed E-state index contributed by atoms with van der Waals surface area (Å²) in [6.45, 7) is 0.211. The quantitative estimate of drug-likeness (QED) is 0.139. The van der Waals surface area contributed by atoms with Crippen LogP contribution in [0.4, 0.5) is 24.5 Å². The Hall–Kier alpha value is -4.19. The molecule has 0 fully saturated rings. The molecule has 0 saturated carbocycles. The SMILES string of the molecule is CNc1cccc(NSc2ccc(-n3cc(C(F)(F)F)cn3)nc2)c1C(=N)OCc1ccc(OC)cc1. The lowest BCUT2D eigenvalue weighted by Gasteiger charge is -2.17. The third kappa shape index (κ3) is 6.33. The summed E-state index contributed by atoms with van der Waals surface area (Å²) in [5.41, 5.74) is 1.94. The van der Waals surface area contributed by atoms with E-state index in [2.05, 4.69) is 20.1 Å². The first-order chi connectivity index (χ1) is 17.8. The van der Waals surface area contributed by atoms with Gasteiger partial charge in [-0.1, -0.05) is 18.2 Å². The number of hydrogen-bond acceptors (Lipinski definition) is 8. The Kier molecular flexibility index (Phi) is 7.87. The molecule has 0 bridgehead atoms. The van der Waals surface area contributed by atoms with Crippen LogP contribution < -0.4 is 14.8 Å². The minimum Gasteiger partial charge on any atom is -0.497 e. The summed E-state index contributed by atoms with van der Waals surface area (Å²) >= 11 is 1.24. The molecule has 4 aromatic rings. The van der Waals surface area contributed by atoms with Crippen LogP contribution in [0.5, 0.6) is 5.75 Å². The van der Waals surface area contributed by atoms with Gasteiger partial charge >= 0.3 is 6.18 Å². The van der Waals surface area contributed by atoms with Crippen molar-refractivity contribution in [2.75, 3.05) is 24.2 Å². The standard InChI is InChI=1S/C25H23F3N6O2S/c1-30-20-4-3-5-21(23(20)24(29)36-15-16-6-8-18(35-2)9-7-16)33-37-19-10-11-22(31-13-19)34-14-17(12-32-34)25(26,27)28/h3-14,29-30,33H,15H2,1-2H3. The number of aromatic nitrogens is 3. The smallest absolute Gasteiger partial charge is 0.419 e. The van der Waals surface area contributed by atoms with Crippen molar-refractivity contribution in [2.24, 2.45) is 0 Å². The number of pyridine rings is 1. The zero-order chi connectivity index (χ0) is 26.4. The first-order valence-electron chi connectivity index (χ1n) is 10.9. The van der Waals surface area contributed by atoms with E-state index in [-0.39, 0.29) is 18.3 Å². The zero-order valence-electron chi connectivity index (χ0n) is 19.8. The van der Waals surface area contributed by atoms with Crippen molar-refractivity contribution in [2.45, 2.75) is 17.7 Å². The monoisotopic (exact) mass is 528 g/mol. The third-order valence-electron chi connectivity index (χ3n) is 5.25. The van der Waals surface area contributed by atoms with Gasteiger partial charge in [-0.3, -0.25) is 5.41 Å². The Bertz CT molecular complexity index is 1360. The van der Waals surface area contributed by atoms with Gasteiger partial charge in [0.05, 0.1) is 30.1 Å². The second kappa shape index (κ2) is 11.2. The molecule has 192 valence electrons. The van der Waals surface area contributed by atoms with Crippen LogP contribution in [-0.4, -0.2) is 34.8 Å². The lowest BCUT2D eigenvalue weighted by Crippen LogP contribution is -2.11. The van der Waals surface area contributed by atoms with E-state index in [0.717, 1.165) is 28.4 Å². The first-order valence-corrected chi connectivity index (χ1v) is 11.8. The summed E-state index contributed by atoms with van der Waals surface area (Å²) < 4.78 is 53.7. The van der Waals surface area contributed by atoms with Gasteiger partial charge in [0.25, 0.3) is 0 Å². The van der Waals surface area contributed by atoms with Crippen molar-refractivity contribution in [1.29, 1.82) is 5.41 Å². The number of alkyl halides is 3. The summed E-state index contributed by atoms with van der Waals surface area (Å²) in [7, 11) is 3.36. The molecule has 3 N–H and O–H groups in total. The molecule has 0 atom stereocenters. The molecule has 2 aromatic carbocycles. The van der Waals surface area contributed by atoms with Crippen molar-refractivity contribution >= 4 is 29.2 Å². The van der Waals surface area contributed by atoms with Gasteiger partial charge in [0.15, 0.2) is 5.82 Å². The zero-order valence-corrected chi connectivity index (χ0v) is 20.7. The normalized spacial score (nSPS) is 11.2. The van der Waals surface area contributed by atoms with E-state index in [1.165, 1.54) is 18.1 Å². The molecular formula is C25H23F3N6O2S. The van der Waals surface area contributed by atoms with Gasteiger partial charge in [-0.15, -0.1) is 0 Å². The van der Waals surface area contributed by atoms with E-state index in [0.29, 0.717) is 21.8 Å². The molecule has 0 aliphatic heterocycles. The van der Waals surface area contributed by atoms with Crippen molar-refractivity contribution in [3.63, 3.8) is 0 Å². The Morgan fingerprint density at radius 1 is 1.05 bits per heavy atom. The summed E-state index contributed by atoms with van der Waals surface area (Å²) in [4.78, 5) is 4.91. The lowest BCUT2D eigenvalue weighted by atomic mass is 10.1. The van der Waals surface area contributed by atoms with Crippen LogP contribution in [-0.2, 0) is 17.5 Å². The summed E-state index contributed by atoms with van der Waals surface area (Å²) in [5, 5.41) is 15.4. The third-order valence-corrected chi connectivity index (χ3v) is 6.05. The summed E-state index contributed by atoms with van der Waals surface area (Å²) in [6.07, 6.45) is -1.30. The molecule has 37 heavy (non-hydrogen) atoms. The summed E-state index contributed by atoms with van der Waals surface area (Å²) in [6, 6.07) is 16.2. The Labute approximate surface area is 215 Å². The molecule has 0 aliphatic rings. The second-order valence-electron chi connectivity index (χ2n) is 7.67. The van der Waals surface area contributed by atoms with Gasteiger partial charge < -0.3 is 19.5 Å². The fourth-order valence-corrected chi connectivity index (χ4v) is 3.96. The van der Waals surface area contributed by atoms with Crippen LogP contribution in [0.25, 0.3) is 5.82 Å². The van der Waals surface area contributed by atoms with E-state index in [1.54, 1.807) is 26.3 Å². The Morgan fingerprint density at radius 2 is 1.81 bits per heavy atom. The minimum absolute atomic E-state index is 0.0171. The second-order valence-corrected chi connectivity index (χ2v) is 8.55. The maximum Gasteiger partial charge on any atom is 0.419 e. The maximum atomic E-state index is 12.8. The number of nitrogens with one attached hydrogen (secondary N) is 3. The number of methoxy groups -OCH3 is 1. The highest BCUT2D eigenvalue weighted by Gasteiger charge is 2.32. The fourth-order valence-electron chi connectivity index (χ4n) is 3.32. The van der Waals surface area contributed by atoms with E-state index in [4.69, 9.17) is 14.9 Å². The number of halogens is 3. The number of hydrogen-bond donors (Lipinski definition) is 3. The van der Waals surface area contributed by atoms with Gasteiger partial charge in [0.1, 0.15) is 12.4 Å². The van der Waals surface area contributed by atoms with Crippen molar-refractivity contribution in [3.05, 3.63) is 89.9 Å². The summed E-state index contributed by atoms with van der Waals surface area (Å²) in [5.74, 6) is 0.976. The van der Waals surface area contributed by atoms with Gasteiger partial charge in [-0.2, -0.15) is 18.3 Å². The highest BCUT2D eigenvalue weighted by atomic mass is 32.2. The van der Waals surface area contributed by atoms with Crippen molar-refractivity contribution < 1.29 is 22.6 Å². The van der Waals surface area contributed by atoms with Crippen molar-refractivity contribution in [3.8, 4) is 11.6 Å². The van der Waals surface area contributed by atoms with E-state index in [9.17, 15) is 13.2 Å². The molecule has 0 spiro atoms. The van der Waals surface area contributed by atoms with Crippen molar-refractivity contribution in [1.82, 2.24) is 14.8 Å². The number of anilines is 2. The molecule has 0 radical (unpaired) electrons. The van der Waals surface area contributed by atoms with Gasteiger partial charge in [-0.05, 0) is 53.9 Å². The van der Waals surface area contributed by atoms with E-state index >= 15 is 0 Å². The van der Waals surface area contributed by atoms with Crippen LogP contribution >= 0.6 is 11.9 Å². The van der Waals surface area contributed by atoms with E-state index < -0.39 is 11.7 Å². The molecular weight excluding hydrogens is 505 g/mol. The fraction of sp³-hybridized carbons (Fsp3) is 0.160. The average molecular weight is 529 g/mol. The molecule has 2 heterocycles. The molecule has 0 unspecified atom stereocenters. The topological polar surface area (TPSA) is 97.1 Å². The first kappa shape index (κ1) is 25.9. The predicted octanol–water partition coefficient (Wildman–Crippen LogP) is 6.00. The highest BCUT2D eigenvalue weighted by molar-refractivity contribution is 8.00. The van der Waals surface area contributed by atoms with Gasteiger partial charge in [0.2, 0.25) is 5.90 Å². The van der Waals surface area contributed by atoms with Crippen LogP contribution in [0.3, 0.4) is 0 Å². The molecule has 0 aliphatic carbocycles. The average Bonchev–Trinajstić information content (AvgIpc) is 3.42. The lowest BCUT2D eigenvalue weighted by molar-refractivity contribution is -0.137. The highest BCUT2D eigenvalue weighted by Crippen LogP contribution is 2.31. The van der Waals surface area contributed by atoms with E-state index in [1.807, 2.05) is 42.5 Å². The van der Waals surface area contributed by atoms with Crippen LogP contribution in [0.1, 0.15) is 16.7 Å². The predicted molar refractivity (Wildman–Crippen MR) is 136 cm³/mol. The number of rotatable bonds is 9. The molecule has 8 nitrogen and oxygen atoms in total. The number of benzene rings is 2. The maximum absolute atomic E-state index is 12.8. The minimum atomic E-state index is -4.47. The number of nitrogens with zero attached hydrogens (tertiary/aromatic N) is 3. The van der Waals surface area contributed by atoms with Crippen LogP contribution in [0.2, 0.25) is 0 Å². The molecule has 12 heteroatoms. The van der Waals surface area contributed by atoms with Gasteiger partial charge in [0, 0.05) is 30.0 Å². The molecule has 0 amide bonds.